The zero-order valence-electron chi connectivity index (χ0n) is 15.5. The Balaban J connectivity index is 1.72. The lowest BCUT2D eigenvalue weighted by atomic mass is 9.94. The molecule has 2 aliphatic rings. The molecule has 3 rings (SSSR count). The molecule has 0 unspecified atom stereocenters. The first kappa shape index (κ1) is 19.4. The molecule has 0 aromatic heterocycles. The highest BCUT2D eigenvalue weighted by atomic mass is 32.2. The molecule has 2 bridgehead atoms. The van der Waals surface area contributed by atoms with Crippen LogP contribution in [-0.4, -0.2) is 57.5 Å². The van der Waals surface area contributed by atoms with Gasteiger partial charge in [0.05, 0.1) is 24.7 Å². The maximum Gasteiger partial charge on any atom is 0.409 e. The minimum Gasteiger partial charge on any atom is -0.453 e. The van der Waals surface area contributed by atoms with Crippen molar-refractivity contribution in [1.82, 2.24) is 9.73 Å². The lowest BCUT2D eigenvalue weighted by Crippen LogP contribution is -2.48. The van der Waals surface area contributed by atoms with Crippen LogP contribution in [0.4, 0.5) is 4.79 Å². The largest absolute Gasteiger partial charge is 0.453 e. The first-order valence-electron chi connectivity index (χ1n) is 8.53. The number of sulfonamides is 1. The second-order valence-electron chi connectivity index (χ2n) is 6.87. The molecule has 0 saturated carbocycles. The van der Waals surface area contributed by atoms with Gasteiger partial charge in [-0.05, 0) is 19.1 Å². The molecule has 0 spiro atoms. The van der Waals surface area contributed by atoms with E-state index in [1.54, 1.807) is 31.3 Å². The molecule has 1 aromatic carbocycles. The van der Waals surface area contributed by atoms with Gasteiger partial charge < -0.3 is 14.4 Å². The number of rotatable bonds is 5. The van der Waals surface area contributed by atoms with Crippen molar-refractivity contribution in [2.45, 2.75) is 36.4 Å². The highest BCUT2D eigenvalue weighted by molar-refractivity contribution is 7.89. The van der Waals surface area contributed by atoms with E-state index >= 15 is 0 Å². The summed E-state index contributed by atoms with van der Waals surface area (Å²) in [5, 5.41) is 4.14. The standard InChI is InChI=1S/C18H23N3O5S/c1-13-4-6-16(7-5-13)27(23,24)20-19-14-10-15-8-9-18(11-14,26-15)12-21(2)17(22)25-3/h4-9,15,20H,10-12H2,1-3H3/b19-14+/t15-,18-/m0/s1. The summed E-state index contributed by atoms with van der Waals surface area (Å²) in [5.41, 5.74) is 0.925. The zero-order valence-corrected chi connectivity index (χ0v) is 16.3. The van der Waals surface area contributed by atoms with Gasteiger partial charge in [0.15, 0.2) is 0 Å². The van der Waals surface area contributed by atoms with Crippen molar-refractivity contribution in [3.8, 4) is 0 Å². The number of nitrogens with one attached hydrogen (secondary N) is 1. The van der Waals surface area contributed by atoms with Crippen LogP contribution in [0.15, 0.2) is 46.4 Å². The number of hydrogen-bond acceptors (Lipinski definition) is 6. The molecule has 0 radical (unpaired) electrons. The predicted octanol–water partition coefficient (Wildman–Crippen LogP) is 1.82. The number of aryl methyl sites for hydroxylation is 1. The molecular weight excluding hydrogens is 370 g/mol. The lowest BCUT2D eigenvalue weighted by molar-refractivity contribution is -0.0426. The molecular formula is C18H23N3O5S. The van der Waals surface area contributed by atoms with Crippen molar-refractivity contribution < 1.29 is 22.7 Å². The van der Waals surface area contributed by atoms with E-state index in [4.69, 9.17) is 9.47 Å². The third kappa shape index (κ3) is 4.30. The molecule has 2 heterocycles. The maximum atomic E-state index is 12.4. The van der Waals surface area contributed by atoms with E-state index in [0.29, 0.717) is 18.6 Å². The Bertz CT molecular complexity index is 879. The molecule has 1 saturated heterocycles. The smallest absolute Gasteiger partial charge is 0.409 e. The highest BCUT2D eigenvalue weighted by Gasteiger charge is 2.43. The molecule has 146 valence electrons. The number of amides is 1. The number of ether oxygens (including phenoxy) is 2. The van der Waals surface area contributed by atoms with Gasteiger partial charge in [0.2, 0.25) is 0 Å². The van der Waals surface area contributed by atoms with Gasteiger partial charge in [-0.1, -0.05) is 29.8 Å². The van der Waals surface area contributed by atoms with Crippen LogP contribution in [0.5, 0.6) is 0 Å². The van der Waals surface area contributed by atoms with Crippen LogP contribution in [0.2, 0.25) is 0 Å². The fraction of sp³-hybridized carbons (Fsp3) is 0.444. The summed E-state index contributed by atoms with van der Waals surface area (Å²) >= 11 is 0. The van der Waals surface area contributed by atoms with E-state index in [1.807, 2.05) is 19.1 Å². The van der Waals surface area contributed by atoms with Crippen molar-refractivity contribution in [3.63, 3.8) is 0 Å². The molecule has 2 aliphatic heterocycles. The number of nitrogens with zero attached hydrogens (tertiary/aromatic N) is 2. The summed E-state index contributed by atoms with van der Waals surface area (Å²) in [6.07, 6.45) is 4.06. The fourth-order valence-corrected chi connectivity index (χ4v) is 4.12. The molecule has 1 fully saturated rings. The number of likely N-dealkylation sites (N-methyl/N-ethyl adjacent to an activating group) is 1. The van der Waals surface area contributed by atoms with Crippen molar-refractivity contribution in [3.05, 3.63) is 42.0 Å². The summed E-state index contributed by atoms with van der Waals surface area (Å²) in [5.74, 6) is 0. The minimum absolute atomic E-state index is 0.158. The molecule has 1 aromatic rings. The summed E-state index contributed by atoms with van der Waals surface area (Å²) in [7, 11) is -0.795. The third-order valence-corrected chi connectivity index (χ3v) is 5.81. The van der Waals surface area contributed by atoms with Gasteiger partial charge in [0.25, 0.3) is 10.0 Å². The quantitative estimate of drug-likeness (QED) is 0.608. The highest BCUT2D eigenvalue weighted by Crippen LogP contribution is 2.35. The van der Waals surface area contributed by atoms with E-state index in [-0.39, 0.29) is 17.5 Å². The second kappa shape index (κ2) is 7.32. The van der Waals surface area contributed by atoms with E-state index in [9.17, 15) is 13.2 Å². The van der Waals surface area contributed by atoms with Gasteiger partial charge in [-0.15, -0.1) is 0 Å². The maximum absolute atomic E-state index is 12.4. The van der Waals surface area contributed by atoms with Crippen LogP contribution < -0.4 is 4.83 Å². The van der Waals surface area contributed by atoms with Gasteiger partial charge in [-0.2, -0.15) is 13.5 Å². The van der Waals surface area contributed by atoms with Crippen molar-refractivity contribution in [2.75, 3.05) is 20.7 Å². The topological polar surface area (TPSA) is 97.3 Å². The second-order valence-corrected chi connectivity index (χ2v) is 8.53. The molecule has 0 aliphatic carbocycles. The van der Waals surface area contributed by atoms with Crippen LogP contribution in [0.3, 0.4) is 0 Å². The molecule has 1 amide bonds. The number of carbonyl (C=O) groups excluding carboxylic acids is 1. The van der Waals surface area contributed by atoms with Crippen LogP contribution >= 0.6 is 0 Å². The zero-order chi connectivity index (χ0) is 19.7. The molecule has 27 heavy (non-hydrogen) atoms. The van der Waals surface area contributed by atoms with E-state index in [0.717, 1.165) is 5.56 Å². The van der Waals surface area contributed by atoms with Crippen molar-refractivity contribution >= 4 is 21.8 Å². The van der Waals surface area contributed by atoms with Crippen molar-refractivity contribution in [2.24, 2.45) is 5.10 Å². The van der Waals surface area contributed by atoms with Gasteiger partial charge in [-0.3, -0.25) is 0 Å². The number of fused-ring (bicyclic) bond motifs is 2. The first-order chi connectivity index (χ1) is 12.7. The monoisotopic (exact) mass is 393 g/mol. The number of carbonyl (C=O) groups is 1. The number of methoxy groups -OCH3 is 1. The van der Waals surface area contributed by atoms with Gasteiger partial charge in [0.1, 0.15) is 5.60 Å². The Labute approximate surface area is 158 Å². The molecule has 2 atom stereocenters. The summed E-state index contributed by atoms with van der Waals surface area (Å²) in [6, 6.07) is 6.55. The first-order valence-corrected chi connectivity index (χ1v) is 10.0. The number of benzene rings is 1. The van der Waals surface area contributed by atoms with Gasteiger partial charge in [-0.25, -0.2) is 9.63 Å². The van der Waals surface area contributed by atoms with Crippen LogP contribution in [0, 0.1) is 6.92 Å². The SMILES string of the molecule is COC(=O)N(C)C[C@]12C=C[C@@H](C/C(=N\NS(=O)(=O)c3ccc(C)cc3)C1)O2. The Morgan fingerprint density at radius 2 is 2.11 bits per heavy atom. The minimum atomic E-state index is -3.73. The van der Waals surface area contributed by atoms with Crippen LogP contribution in [-0.2, 0) is 19.5 Å². The van der Waals surface area contributed by atoms with Crippen LogP contribution in [0.1, 0.15) is 18.4 Å². The Hall–Kier alpha value is -2.39. The Kier molecular flexibility index (Phi) is 5.25. The number of hydrazone groups is 1. The average molecular weight is 393 g/mol. The normalized spacial score (nSPS) is 25.4. The molecule has 1 N–H and O–H groups in total. The Morgan fingerprint density at radius 1 is 1.41 bits per heavy atom. The third-order valence-electron chi connectivity index (χ3n) is 4.59. The summed E-state index contributed by atoms with van der Waals surface area (Å²) in [6.45, 7) is 2.18. The lowest BCUT2D eigenvalue weighted by Gasteiger charge is -2.36. The van der Waals surface area contributed by atoms with Crippen LogP contribution in [0.25, 0.3) is 0 Å². The van der Waals surface area contributed by atoms with E-state index < -0.39 is 21.7 Å². The van der Waals surface area contributed by atoms with Gasteiger partial charge in [0, 0.05) is 25.6 Å². The van der Waals surface area contributed by atoms with Crippen molar-refractivity contribution in [1.29, 1.82) is 0 Å². The predicted molar refractivity (Wildman–Crippen MR) is 99.9 cm³/mol. The summed E-state index contributed by atoms with van der Waals surface area (Å²) in [4.78, 5) is 15.6. The average Bonchev–Trinajstić information content (AvgIpc) is 2.93. The Morgan fingerprint density at radius 3 is 2.78 bits per heavy atom. The van der Waals surface area contributed by atoms with E-state index in [2.05, 4.69) is 9.93 Å². The number of hydrogen-bond donors (Lipinski definition) is 1. The molecule has 8 nitrogen and oxygen atoms in total. The summed E-state index contributed by atoms with van der Waals surface area (Å²) < 4.78 is 35.5. The van der Waals surface area contributed by atoms with Gasteiger partial charge >= 0.3 is 6.09 Å². The molecule has 9 heteroatoms. The fourth-order valence-electron chi connectivity index (χ4n) is 3.27. The van der Waals surface area contributed by atoms with E-state index in [1.165, 1.54) is 12.0 Å².